The maximum Gasteiger partial charge on any atom is 0.329 e. The van der Waals surface area contributed by atoms with Crippen molar-refractivity contribution >= 4 is 23.1 Å². The minimum atomic E-state index is -0.800. The van der Waals surface area contributed by atoms with Crippen LogP contribution >= 0.6 is 0 Å². The Balaban J connectivity index is 1.79. The van der Waals surface area contributed by atoms with E-state index in [1.54, 1.807) is 12.1 Å². The van der Waals surface area contributed by atoms with Crippen LogP contribution in [0, 0.1) is 10.1 Å². The lowest BCUT2D eigenvalue weighted by molar-refractivity contribution is -0.384. The smallest absolute Gasteiger partial charge is 0.329 e. The van der Waals surface area contributed by atoms with E-state index >= 15 is 0 Å². The molecular weight excluding hydrogens is 326 g/mol. The van der Waals surface area contributed by atoms with E-state index in [0.29, 0.717) is 24.9 Å². The molecule has 3 atom stereocenters. The van der Waals surface area contributed by atoms with Crippen molar-refractivity contribution in [3.8, 4) is 0 Å². The summed E-state index contributed by atoms with van der Waals surface area (Å²) in [5, 5.41) is 36.5. The molecule has 1 saturated carbocycles. The number of nitrogens with one attached hydrogen (secondary N) is 2. The van der Waals surface area contributed by atoms with Crippen LogP contribution in [0.25, 0.3) is 0 Å². The van der Waals surface area contributed by atoms with E-state index in [1.807, 2.05) is 18.2 Å². The zero-order chi connectivity index (χ0) is 17.8. The van der Waals surface area contributed by atoms with Gasteiger partial charge in [-0.2, -0.15) is 4.98 Å². The molecule has 1 unspecified atom stereocenters. The monoisotopic (exact) mass is 345 g/mol. The van der Waals surface area contributed by atoms with Crippen LogP contribution in [0.1, 0.15) is 19.3 Å². The van der Waals surface area contributed by atoms with Gasteiger partial charge < -0.3 is 20.8 Å². The van der Waals surface area contributed by atoms with Gasteiger partial charge in [0.1, 0.15) is 6.20 Å². The van der Waals surface area contributed by atoms with E-state index in [1.165, 1.54) is 0 Å². The first-order valence-corrected chi connectivity index (χ1v) is 7.99. The van der Waals surface area contributed by atoms with Gasteiger partial charge in [0.25, 0.3) is 0 Å². The molecule has 1 fully saturated rings. The van der Waals surface area contributed by atoms with Gasteiger partial charge >= 0.3 is 5.69 Å². The number of aliphatic hydroxyl groups excluding tert-OH is 2. The van der Waals surface area contributed by atoms with Gasteiger partial charge in [-0.15, -0.1) is 0 Å². The van der Waals surface area contributed by atoms with Gasteiger partial charge in [-0.3, -0.25) is 10.1 Å². The highest BCUT2D eigenvalue weighted by molar-refractivity contribution is 5.65. The van der Waals surface area contributed by atoms with Crippen LogP contribution in [0.15, 0.2) is 36.5 Å². The fourth-order valence-corrected chi connectivity index (χ4v) is 2.77. The molecule has 0 amide bonds. The van der Waals surface area contributed by atoms with Crippen LogP contribution in [0.4, 0.5) is 23.1 Å². The van der Waals surface area contributed by atoms with Crippen molar-refractivity contribution in [2.24, 2.45) is 0 Å². The van der Waals surface area contributed by atoms with E-state index in [-0.39, 0.29) is 23.5 Å². The molecule has 2 aromatic rings. The molecule has 0 saturated heterocycles. The van der Waals surface area contributed by atoms with Gasteiger partial charge in [0.05, 0.1) is 17.1 Å². The van der Waals surface area contributed by atoms with Crippen molar-refractivity contribution in [3.05, 3.63) is 46.6 Å². The highest BCUT2D eigenvalue weighted by Crippen LogP contribution is 2.27. The van der Waals surface area contributed by atoms with E-state index in [2.05, 4.69) is 20.6 Å². The van der Waals surface area contributed by atoms with Crippen molar-refractivity contribution in [1.82, 2.24) is 9.97 Å². The SMILES string of the molecule is O=[N+]([O-])c1cnc(NC2CC[C@@H](O)[C@@H](O)C2)nc1Nc1ccccc1. The van der Waals surface area contributed by atoms with Gasteiger partial charge in [-0.1, -0.05) is 18.2 Å². The van der Waals surface area contributed by atoms with Gasteiger partial charge in [-0.05, 0) is 31.4 Å². The molecule has 1 aromatic heterocycles. The Kier molecular flexibility index (Phi) is 5.05. The van der Waals surface area contributed by atoms with Crippen LogP contribution in [0.5, 0.6) is 0 Å². The molecule has 3 rings (SSSR count). The molecule has 0 bridgehead atoms. The molecular formula is C16H19N5O4. The van der Waals surface area contributed by atoms with E-state index in [4.69, 9.17) is 0 Å². The van der Waals surface area contributed by atoms with Crippen LogP contribution in [-0.4, -0.2) is 43.4 Å². The summed E-state index contributed by atoms with van der Waals surface area (Å²) in [6.45, 7) is 0. The van der Waals surface area contributed by atoms with Crippen molar-refractivity contribution in [3.63, 3.8) is 0 Å². The summed E-state index contributed by atoms with van der Waals surface area (Å²) in [7, 11) is 0. The van der Waals surface area contributed by atoms with Crippen LogP contribution in [0.3, 0.4) is 0 Å². The molecule has 0 spiro atoms. The number of aromatic nitrogens is 2. The van der Waals surface area contributed by atoms with Gasteiger partial charge in [-0.25, -0.2) is 4.98 Å². The zero-order valence-corrected chi connectivity index (χ0v) is 13.4. The van der Waals surface area contributed by atoms with Crippen LogP contribution < -0.4 is 10.6 Å². The number of nitro groups is 1. The maximum absolute atomic E-state index is 11.2. The van der Waals surface area contributed by atoms with Crippen molar-refractivity contribution in [2.45, 2.75) is 37.5 Å². The molecule has 132 valence electrons. The predicted molar refractivity (Wildman–Crippen MR) is 91.7 cm³/mol. The normalized spacial score (nSPS) is 23.0. The molecule has 9 heteroatoms. The number of rotatable bonds is 5. The molecule has 1 heterocycles. The summed E-state index contributed by atoms with van der Waals surface area (Å²) in [5.74, 6) is 0.322. The minimum absolute atomic E-state index is 0.0880. The summed E-state index contributed by atoms with van der Waals surface area (Å²) >= 11 is 0. The number of benzene rings is 1. The summed E-state index contributed by atoms with van der Waals surface area (Å²) in [5.41, 5.74) is 0.444. The Morgan fingerprint density at radius 1 is 1.16 bits per heavy atom. The minimum Gasteiger partial charge on any atom is -0.390 e. The predicted octanol–water partition coefficient (Wildman–Crippen LogP) is 1.81. The topological polar surface area (TPSA) is 133 Å². The first-order chi connectivity index (χ1) is 12.0. The Morgan fingerprint density at radius 3 is 2.60 bits per heavy atom. The lowest BCUT2D eigenvalue weighted by Gasteiger charge is -2.30. The molecule has 1 aromatic carbocycles. The number of nitrogens with zero attached hydrogens (tertiary/aromatic N) is 3. The molecule has 1 aliphatic rings. The lowest BCUT2D eigenvalue weighted by Crippen LogP contribution is -2.39. The number of aliphatic hydroxyl groups is 2. The first-order valence-electron chi connectivity index (χ1n) is 7.99. The zero-order valence-electron chi connectivity index (χ0n) is 13.4. The molecule has 4 N–H and O–H groups in total. The number of para-hydroxylation sites is 1. The quantitative estimate of drug-likeness (QED) is 0.476. The lowest BCUT2D eigenvalue weighted by atomic mass is 9.91. The fraction of sp³-hybridized carbons (Fsp3) is 0.375. The molecule has 25 heavy (non-hydrogen) atoms. The molecule has 1 aliphatic carbocycles. The van der Waals surface area contributed by atoms with Crippen molar-refractivity contribution < 1.29 is 15.1 Å². The second-order valence-electron chi connectivity index (χ2n) is 5.96. The van der Waals surface area contributed by atoms with E-state index < -0.39 is 17.1 Å². The number of hydrogen-bond donors (Lipinski definition) is 4. The summed E-state index contributed by atoms with van der Waals surface area (Å²) in [6, 6.07) is 8.90. The van der Waals surface area contributed by atoms with E-state index in [9.17, 15) is 20.3 Å². The Labute approximate surface area is 143 Å². The highest BCUT2D eigenvalue weighted by Gasteiger charge is 2.28. The van der Waals surface area contributed by atoms with E-state index in [0.717, 1.165) is 6.20 Å². The Hall–Kier alpha value is -2.78. The molecule has 0 radical (unpaired) electrons. The third-order valence-electron chi connectivity index (χ3n) is 4.12. The van der Waals surface area contributed by atoms with Crippen molar-refractivity contribution in [2.75, 3.05) is 10.6 Å². The first kappa shape index (κ1) is 17.1. The second-order valence-corrected chi connectivity index (χ2v) is 5.96. The average molecular weight is 345 g/mol. The van der Waals surface area contributed by atoms with Crippen molar-refractivity contribution in [1.29, 1.82) is 0 Å². The molecule has 0 aliphatic heterocycles. The summed E-state index contributed by atoms with van der Waals surface area (Å²) in [6.07, 6.45) is 1.12. The summed E-state index contributed by atoms with van der Waals surface area (Å²) in [4.78, 5) is 18.9. The standard InChI is InChI=1S/C16H19N5O4/c22-13-7-6-11(8-14(13)23)19-16-17-9-12(21(24)25)15(20-16)18-10-4-2-1-3-5-10/h1-5,9,11,13-14,22-23H,6-8H2,(H2,17,18,19,20)/t11?,13-,14+/m1/s1. The second kappa shape index (κ2) is 7.41. The number of anilines is 3. The van der Waals surface area contributed by atoms with Gasteiger partial charge in [0.2, 0.25) is 11.8 Å². The molecule has 9 nitrogen and oxygen atoms in total. The summed E-state index contributed by atoms with van der Waals surface area (Å²) < 4.78 is 0. The van der Waals surface area contributed by atoms with Crippen LogP contribution in [-0.2, 0) is 0 Å². The number of hydrogen-bond acceptors (Lipinski definition) is 8. The third-order valence-corrected chi connectivity index (χ3v) is 4.12. The Bertz CT molecular complexity index is 743. The van der Waals surface area contributed by atoms with Crippen LogP contribution in [0.2, 0.25) is 0 Å². The Morgan fingerprint density at radius 2 is 1.92 bits per heavy atom. The maximum atomic E-state index is 11.2. The van der Waals surface area contributed by atoms with Gasteiger partial charge in [0, 0.05) is 11.7 Å². The highest BCUT2D eigenvalue weighted by atomic mass is 16.6. The fourth-order valence-electron chi connectivity index (χ4n) is 2.77. The largest absolute Gasteiger partial charge is 0.390 e. The van der Waals surface area contributed by atoms with Gasteiger partial charge in [0.15, 0.2) is 0 Å². The third kappa shape index (κ3) is 4.20. The average Bonchev–Trinajstić information content (AvgIpc) is 2.59.